The quantitative estimate of drug-likeness (QED) is 0.267. The van der Waals surface area contributed by atoms with E-state index in [2.05, 4.69) is 0 Å². The number of nitrogens with zero attached hydrogens (tertiary/aromatic N) is 3. The lowest BCUT2D eigenvalue weighted by molar-refractivity contribution is -0.151. The molecule has 0 N–H and O–H groups in total. The fourth-order valence-corrected chi connectivity index (χ4v) is 5.08. The number of ether oxygens (including phenoxy) is 2. The van der Waals surface area contributed by atoms with Crippen LogP contribution in [0.25, 0.3) is 16.6 Å². The van der Waals surface area contributed by atoms with E-state index in [1.165, 1.54) is 16.3 Å². The molecule has 1 atom stereocenters. The molecule has 0 radical (unpaired) electrons. The summed E-state index contributed by atoms with van der Waals surface area (Å²) in [6.07, 6.45) is 1.48. The van der Waals surface area contributed by atoms with Gasteiger partial charge in [0, 0.05) is 13.1 Å². The number of thioether (sulfide) groups is 1. The van der Waals surface area contributed by atoms with E-state index in [1.807, 2.05) is 37.3 Å². The van der Waals surface area contributed by atoms with Gasteiger partial charge in [-0.1, -0.05) is 23.9 Å². The number of hydrogen-bond acceptors (Lipinski definition) is 7. The molecule has 3 aromatic rings. The van der Waals surface area contributed by atoms with Crippen LogP contribution in [0.3, 0.4) is 0 Å². The van der Waals surface area contributed by atoms with Gasteiger partial charge in [-0.05, 0) is 63.1 Å². The van der Waals surface area contributed by atoms with Gasteiger partial charge in [0.25, 0.3) is 5.56 Å². The van der Waals surface area contributed by atoms with Crippen molar-refractivity contribution in [2.75, 3.05) is 32.1 Å². The Bertz CT molecular complexity index is 1260. The van der Waals surface area contributed by atoms with E-state index in [4.69, 9.17) is 14.5 Å². The minimum absolute atomic E-state index is 0.0929. The maximum atomic E-state index is 13.4. The van der Waals surface area contributed by atoms with E-state index >= 15 is 0 Å². The fraction of sp³-hybridized carbons (Fsp3) is 0.385. The maximum Gasteiger partial charge on any atom is 0.310 e. The highest BCUT2D eigenvalue weighted by Crippen LogP contribution is 2.25. The highest BCUT2D eigenvalue weighted by Gasteiger charge is 2.29. The molecule has 35 heavy (non-hydrogen) atoms. The molecule has 0 bridgehead atoms. The van der Waals surface area contributed by atoms with Crippen LogP contribution >= 0.6 is 11.8 Å². The van der Waals surface area contributed by atoms with Crippen LogP contribution in [0.1, 0.15) is 26.7 Å². The molecule has 9 heteroatoms. The summed E-state index contributed by atoms with van der Waals surface area (Å²) in [7, 11) is 0. The van der Waals surface area contributed by atoms with Crippen LogP contribution in [0, 0.1) is 5.92 Å². The fourth-order valence-electron chi connectivity index (χ4n) is 4.17. The van der Waals surface area contributed by atoms with Crippen LogP contribution < -0.4 is 10.3 Å². The van der Waals surface area contributed by atoms with Gasteiger partial charge < -0.3 is 14.4 Å². The monoisotopic (exact) mass is 495 g/mol. The SMILES string of the molecule is CCOC(=O)C1CCCN(C(=O)CSc2nc3ccccc3c(=O)n2-c2ccc(OCC)cc2)C1. The molecule has 0 aliphatic carbocycles. The van der Waals surface area contributed by atoms with Crippen molar-refractivity contribution in [3.05, 3.63) is 58.9 Å². The molecule has 4 rings (SSSR count). The number of likely N-dealkylation sites (tertiary alicyclic amines) is 1. The van der Waals surface area contributed by atoms with Crippen molar-refractivity contribution >= 4 is 34.5 Å². The van der Waals surface area contributed by atoms with Crippen LogP contribution in [0.4, 0.5) is 0 Å². The molecular weight excluding hydrogens is 466 g/mol. The molecule has 2 heterocycles. The minimum atomic E-state index is -0.293. The number of hydrogen-bond donors (Lipinski definition) is 0. The van der Waals surface area contributed by atoms with E-state index in [0.717, 1.165) is 12.8 Å². The Kier molecular flexibility index (Phi) is 8.07. The van der Waals surface area contributed by atoms with E-state index in [9.17, 15) is 14.4 Å². The second-order valence-electron chi connectivity index (χ2n) is 8.20. The van der Waals surface area contributed by atoms with Crippen molar-refractivity contribution in [1.29, 1.82) is 0 Å². The summed E-state index contributed by atoms with van der Waals surface area (Å²) in [6.45, 7) is 5.53. The summed E-state index contributed by atoms with van der Waals surface area (Å²) >= 11 is 1.22. The smallest absolute Gasteiger partial charge is 0.310 e. The summed E-state index contributed by atoms with van der Waals surface area (Å²) < 4.78 is 12.2. The number of piperidine rings is 1. The Morgan fingerprint density at radius 2 is 1.86 bits per heavy atom. The second kappa shape index (κ2) is 11.4. The third kappa shape index (κ3) is 5.67. The lowest BCUT2D eigenvalue weighted by Crippen LogP contribution is -2.43. The molecule has 2 aromatic carbocycles. The van der Waals surface area contributed by atoms with Gasteiger partial charge in [-0.2, -0.15) is 0 Å². The highest BCUT2D eigenvalue weighted by molar-refractivity contribution is 7.99. The van der Waals surface area contributed by atoms with Crippen LogP contribution in [-0.4, -0.2) is 58.4 Å². The lowest BCUT2D eigenvalue weighted by Gasteiger charge is -2.31. The number of fused-ring (bicyclic) bond motifs is 1. The highest BCUT2D eigenvalue weighted by atomic mass is 32.2. The number of para-hydroxylation sites is 1. The van der Waals surface area contributed by atoms with Gasteiger partial charge >= 0.3 is 5.97 Å². The zero-order chi connectivity index (χ0) is 24.8. The number of esters is 1. The normalized spacial score (nSPS) is 15.7. The molecule has 1 aliphatic rings. The van der Waals surface area contributed by atoms with E-state index in [-0.39, 0.29) is 29.1 Å². The first-order valence-corrected chi connectivity index (χ1v) is 12.8. The minimum Gasteiger partial charge on any atom is -0.494 e. The maximum absolute atomic E-state index is 13.4. The first-order valence-electron chi connectivity index (χ1n) is 11.8. The standard InChI is InChI=1S/C26H29N3O5S/c1-3-33-20-13-11-19(12-14-20)29-24(31)21-9-5-6-10-22(21)27-26(29)35-17-23(30)28-15-7-8-18(16-28)25(32)34-4-2/h5-6,9-14,18H,3-4,7-8,15-17H2,1-2H3. The number of carbonyl (C=O) groups is 2. The second-order valence-corrected chi connectivity index (χ2v) is 9.14. The predicted molar refractivity (Wildman–Crippen MR) is 135 cm³/mol. The molecule has 1 amide bonds. The summed E-state index contributed by atoms with van der Waals surface area (Å²) in [5, 5.41) is 0.940. The topological polar surface area (TPSA) is 90.7 Å². The summed E-state index contributed by atoms with van der Waals surface area (Å²) in [5.74, 6) is 0.183. The van der Waals surface area contributed by atoms with Crippen LogP contribution in [0.5, 0.6) is 5.75 Å². The van der Waals surface area contributed by atoms with Gasteiger partial charge in [0.05, 0.1) is 41.5 Å². The Morgan fingerprint density at radius 1 is 1.09 bits per heavy atom. The van der Waals surface area contributed by atoms with Crippen molar-refractivity contribution in [2.24, 2.45) is 5.92 Å². The van der Waals surface area contributed by atoms with Gasteiger partial charge in [0.2, 0.25) is 5.91 Å². The molecule has 8 nitrogen and oxygen atoms in total. The van der Waals surface area contributed by atoms with E-state index in [1.54, 1.807) is 30.0 Å². The van der Waals surface area contributed by atoms with Crippen LogP contribution in [0.2, 0.25) is 0 Å². The van der Waals surface area contributed by atoms with Crippen molar-refractivity contribution < 1.29 is 19.1 Å². The molecule has 1 unspecified atom stereocenters. The molecular formula is C26H29N3O5S. The Morgan fingerprint density at radius 3 is 2.60 bits per heavy atom. The molecule has 1 fully saturated rings. The predicted octanol–water partition coefficient (Wildman–Crippen LogP) is 3.68. The van der Waals surface area contributed by atoms with Crippen molar-refractivity contribution in [2.45, 2.75) is 31.8 Å². The first-order chi connectivity index (χ1) is 17.0. The van der Waals surface area contributed by atoms with E-state index in [0.29, 0.717) is 53.8 Å². The Labute approximate surface area is 208 Å². The molecule has 1 aliphatic heterocycles. The third-order valence-electron chi connectivity index (χ3n) is 5.87. The number of rotatable bonds is 8. The molecule has 0 spiro atoms. The average Bonchev–Trinajstić information content (AvgIpc) is 2.88. The Hall–Kier alpha value is -3.33. The third-order valence-corrected chi connectivity index (χ3v) is 6.79. The summed E-state index contributed by atoms with van der Waals surface area (Å²) in [5.41, 5.74) is 1.03. The Balaban J connectivity index is 1.58. The number of aromatic nitrogens is 2. The van der Waals surface area contributed by atoms with Gasteiger partial charge in [0.1, 0.15) is 5.75 Å². The molecule has 1 saturated heterocycles. The van der Waals surface area contributed by atoms with Crippen LogP contribution in [-0.2, 0) is 14.3 Å². The zero-order valence-electron chi connectivity index (χ0n) is 19.9. The van der Waals surface area contributed by atoms with E-state index < -0.39 is 0 Å². The molecule has 1 aromatic heterocycles. The number of carbonyl (C=O) groups excluding carboxylic acids is 2. The first kappa shape index (κ1) is 24.8. The molecule has 0 saturated carbocycles. The van der Waals surface area contributed by atoms with Gasteiger partial charge in [-0.15, -0.1) is 0 Å². The number of amides is 1. The van der Waals surface area contributed by atoms with Gasteiger partial charge in [0.15, 0.2) is 5.16 Å². The largest absolute Gasteiger partial charge is 0.494 e. The van der Waals surface area contributed by atoms with Crippen molar-refractivity contribution in [3.8, 4) is 11.4 Å². The van der Waals surface area contributed by atoms with Crippen molar-refractivity contribution in [3.63, 3.8) is 0 Å². The summed E-state index contributed by atoms with van der Waals surface area (Å²) in [6, 6.07) is 14.4. The average molecular weight is 496 g/mol. The van der Waals surface area contributed by atoms with Gasteiger partial charge in [-0.3, -0.25) is 19.0 Å². The lowest BCUT2D eigenvalue weighted by atomic mass is 9.98. The van der Waals surface area contributed by atoms with Crippen molar-refractivity contribution in [1.82, 2.24) is 14.5 Å². The van der Waals surface area contributed by atoms with Gasteiger partial charge in [-0.25, -0.2) is 4.98 Å². The number of benzene rings is 2. The zero-order valence-corrected chi connectivity index (χ0v) is 20.8. The summed E-state index contributed by atoms with van der Waals surface area (Å²) in [4.78, 5) is 45.0. The molecule has 184 valence electrons. The van der Waals surface area contributed by atoms with Crippen LogP contribution in [0.15, 0.2) is 58.5 Å².